The first-order valence-corrected chi connectivity index (χ1v) is 6.98. The summed E-state index contributed by atoms with van der Waals surface area (Å²) < 4.78 is 0. The lowest BCUT2D eigenvalue weighted by atomic mass is 9.89. The Bertz CT molecular complexity index is 434. The molecule has 0 unspecified atom stereocenters. The smallest absolute Gasteiger partial charge is 0.0222 e. The summed E-state index contributed by atoms with van der Waals surface area (Å²) in [7, 11) is 0. The Morgan fingerprint density at radius 1 is 0.889 bits per heavy atom. The first kappa shape index (κ1) is 12.9. The maximum Gasteiger partial charge on any atom is -0.0222 e. The van der Waals surface area contributed by atoms with E-state index in [9.17, 15) is 0 Å². The summed E-state index contributed by atoms with van der Waals surface area (Å²) in [5.74, 6) is 0. The van der Waals surface area contributed by atoms with Crippen molar-refractivity contribution < 1.29 is 0 Å². The van der Waals surface area contributed by atoms with Gasteiger partial charge in [0.2, 0.25) is 0 Å². The minimum Gasteiger partial charge on any atom is -0.0991 e. The van der Waals surface area contributed by atoms with Gasteiger partial charge in [0.15, 0.2) is 0 Å². The van der Waals surface area contributed by atoms with Gasteiger partial charge in [0, 0.05) is 0 Å². The molecule has 1 aromatic rings. The number of hydrogen-bond acceptors (Lipinski definition) is 0. The Balaban J connectivity index is 2.37. The second kappa shape index (κ2) is 7.00. The van der Waals surface area contributed by atoms with Gasteiger partial charge in [0.05, 0.1) is 0 Å². The van der Waals surface area contributed by atoms with Gasteiger partial charge in [0.25, 0.3) is 0 Å². The van der Waals surface area contributed by atoms with E-state index in [2.05, 4.69) is 49.1 Å². The van der Waals surface area contributed by atoms with Crippen LogP contribution in [0.2, 0.25) is 0 Å². The molecule has 0 N–H and O–H groups in total. The minimum absolute atomic E-state index is 1.20. The van der Waals surface area contributed by atoms with Gasteiger partial charge >= 0.3 is 0 Å². The van der Waals surface area contributed by atoms with Crippen molar-refractivity contribution in [1.29, 1.82) is 0 Å². The van der Waals surface area contributed by atoms with Gasteiger partial charge in [-0.25, -0.2) is 0 Å². The fraction of sp³-hybridized carbons (Fsp3) is 0.333. The molecule has 0 spiro atoms. The van der Waals surface area contributed by atoms with Gasteiger partial charge in [-0.3, -0.25) is 0 Å². The van der Waals surface area contributed by atoms with Crippen LogP contribution >= 0.6 is 0 Å². The van der Waals surface area contributed by atoms with Crippen LogP contribution in [0, 0.1) is 0 Å². The van der Waals surface area contributed by atoms with E-state index in [0.29, 0.717) is 0 Å². The molecule has 0 heteroatoms. The van der Waals surface area contributed by atoms with Crippen LogP contribution in [0.1, 0.15) is 44.1 Å². The van der Waals surface area contributed by atoms with Crippen LogP contribution in [0.5, 0.6) is 0 Å². The topological polar surface area (TPSA) is 0 Å². The molecule has 0 amide bonds. The summed E-state index contributed by atoms with van der Waals surface area (Å²) in [6.45, 7) is 3.78. The van der Waals surface area contributed by atoms with Crippen molar-refractivity contribution in [2.24, 2.45) is 0 Å². The molecule has 0 radical (unpaired) electrons. The van der Waals surface area contributed by atoms with Crippen LogP contribution < -0.4 is 0 Å². The maximum atomic E-state index is 3.78. The molecule has 18 heavy (non-hydrogen) atoms. The van der Waals surface area contributed by atoms with E-state index in [4.69, 9.17) is 0 Å². The van der Waals surface area contributed by atoms with Gasteiger partial charge in [-0.05, 0) is 42.4 Å². The third kappa shape index (κ3) is 3.46. The van der Waals surface area contributed by atoms with Gasteiger partial charge in [-0.2, -0.15) is 0 Å². The van der Waals surface area contributed by atoms with Crippen LogP contribution in [-0.4, -0.2) is 0 Å². The predicted molar refractivity (Wildman–Crippen MR) is 80.4 cm³/mol. The first-order chi connectivity index (χ1) is 8.92. The van der Waals surface area contributed by atoms with E-state index < -0.39 is 0 Å². The fourth-order valence-electron chi connectivity index (χ4n) is 2.62. The van der Waals surface area contributed by atoms with Gasteiger partial charge < -0.3 is 0 Å². The van der Waals surface area contributed by atoms with Crippen molar-refractivity contribution in [1.82, 2.24) is 0 Å². The largest absolute Gasteiger partial charge is 0.0991 e. The van der Waals surface area contributed by atoms with Crippen LogP contribution in [-0.2, 0) is 0 Å². The van der Waals surface area contributed by atoms with Crippen LogP contribution in [0.4, 0.5) is 0 Å². The molecule has 0 heterocycles. The Morgan fingerprint density at radius 3 is 2.33 bits per heavy atom. The lowest BCUT2D eigenvalue weighted by molar-refractivity contribution is 0.636. The molecule has 0 aliphatic heterocycles. The molecule has 94 valence electrons. The lowest BCUT2D eigenvalue weighted by Gasteiger charge is -2.16. The van der Waals surface area contributed by atoms with Crippen molar-refractivity contribution in [3.63, 3.8) is 0 Å². The van der Waals surface area contributed by atoms with Gasteiger partial charge in [0.1, 0.15) is 0 Å². The summed E-state index contributed by atoms with van der Waals surface area (Å²) in [6.07, 6.45) is 14.0. The highest BCUT2D eigenvalue weighted by Crippen LogP contribution is 2.31. The second-order valence-electron chi connectivity index (χ2n) is 4.88. The molecule has 0 nitrogen and oxygen atoms in total. The lowest BCUT2D eigenvalue weighted by Crippen LogP contribution is -1.96. The number of allylic oxidation sites excluding steroid dienone is 5. The van der Waals surface area contributed by atoms with Crippen molar-refractivity contribution >= 4 is 5.57 Å². The van der Waals surface area contributed by atoms with Crippen molar-refractivity contribution in [2.45, 2.75) is 38.5 Å². The molecule has 0 saturated heterocycles. The van der Waals surface area contributed by atoms with E-state index in [1.54, 1.807) is 0 Å². The fourth-order valence-corrected chi connectivity index (χ4v) is 2.62. The molecule has 1 aliphatic carbocycles. The van der Waals surface area contributed by atoms with Crippen LogP contribution in [0.3, 0.4) is 0 Å². The molecule has 0 aromatic heterocycles. The third-order valence-corrected chi connectivity index (χ3v) is 3.57. The zero-order chi connectivity index (χ0) is 12.6. The number of hydrogen-bond donors (Lipinski definition) is 0. The van der Waals surface area contributed by atoms with E-state index in [-0.39, 0.29) is 0 Å². The molecule has 0 bridgehead atoms. The molecule has 0 atom stereocenters. The van der Waals surface area contributed by atoms with Crippen molar-refractivity contribution in [3.05, 3.63) is 66.3 Å². The van der Waals surface area contributed by atoms with E-state index in [1.807, 2.05) is 6.08 Å². The van der Waals surface area contributed by atoms with Gasteiger partial charge in [-0.15, -0.1) is 0 Å². The summed E-state index contributed by atoms with van der Waals surface area (Å²) in [4.78, 5) is 0. The maximum absolute atomic E-state index is 3.78. The second-order valence-corrected chi connectivity index (χ2v) is 4.88. The molecule has 0 fully saturated rings. The molecule has 1 aliphatic rings. The zero-order valence-corrected chi connectivity index (χ0v) is 11.1. The zero-order valence-electron chi connectivity index (χ0n) is 11.1. The van der Waals surface area contributed by atoms with Crippen molar-refractivity contribution in [2.75, 3.05) is 0 Å². The van der Waals surface area contributed by atoms with Crippen LogP contribution in [0.15, 0.2) is 60.7 Å². The SMILES string of the molecule is C=CC=CC1=C(c2ccccc2)CCCCCC1. The quantitative estimate of drug-likeness (QED) is 0.607. The molecule has 0 saturated carbocycles. The normalized spacial score (nSPS) is 17.6. The monoisotopic (exact) mass is 238 g/mol. The average Bonchev–Trinajstić information content (AvgIpc) is 2.39. The van der Waals surface area contributed by atoms with Crippen LogP contribution in [0.25, 0.3) is 5.57 Å². The third-order valence-electron chi connectivity index (χ3n) is 3.57. The van der Waals surface area contributed by atoms with Crippen molar-refractivity contribution in [3.8, 4) is 0 Å². The number of benzene rings is 1. The summed E-state index contributed by atoms with van der Waals surface area (Å²) in [5.41, 5.74) is 4.43. The Kier molecular flexibility index (Phi) is 5.01. The minimum atomic E-state index is 1.20. The van der Waals surface area contributed by atoms with E-state index in [1.165, 1.54) is 55.2 Å². The van der Waals surface area contributed by atoms with E-state index in [0.717, 1.165) is 0 Å². The highest BCUT2D eigenvalue weighted by molar-refractivity contribution is 5.71. The summed E-state index contributed by atoms with van der Waals surface area (Å²) >= 11 is 0. The number of rotatable bonds is 3. The van der Waals surface area contributed by atoms with E-state index >= 15 is 0 Å². The Labute approximate surface area is 111 Å². The molecule has 2 rings (SSSR count). The highest BCUT2D eigenvalue weighted by Gasteiger charge is 2.09. The summed E-state index contributed by atoms with van der Waals surface area (Å²) in [6, 6.07) is 10.8. The first-order valence-electron chi connectivity index (χ1n) is 6.98. The molecule has 1 aromatic carbocycles. The molecular weight excluding hydrogens is 216 g/mol. The molecular formula is C18H22. The predicted octanol–water partition coefficient (Wildman–Crippen LogP) is 5.54. The average molecular weight is 238 g/mol. The summed E-state index contributed by atoms with van der Waals surface area (Å²) in [5, 5.41) is 0. The Morgan fingerprint density at radius 2 is 1.61 bits per heavy atom. The standard InChI is InChI=1S/C18H22/c1-2-3-11-16-12-7-4-5-10-15-18(16)17-13-8-6-9-14-17/h2-3,6,8-9,11,13-14H,1,4-5,7,10,12,15H2. The Hall–Kier alpha value is -1.56. The van der Waals surface area contributed by atoms with Gasteiger partial charge in [-0.1, -0.05) is 68.0 Å². The highest BCUT2D eigenvalue weighted by atomic mass is 14.1.